The molecule has 1 rings (SSSR count). The summed E-state index contributed by atoms with van der Waals surface area (Å²) in [5, 5.41) is 24.5. The van der Waals surface area contributed by atoms with E-state index in [2.05, 4.69) is 16.0 Å². The van der Waals surface area contributed by atoms with E-state index in [1.807, 2.05) is 0 Å². The van der Waals surface area contributed by atoms with Crippen molar-refractivity contribution in [3.05, 3.63) is 0 Å². The van der Waals surface area contributed by atoms with Crippen LogP contribution in [0.3, 0.4) is 0 Å². The average Bonchev–Trinajstić information content (AvgIpc) is 3.29. The van der Waals surface area contributed by atoms with Crippen LogP contribution in [0.5, 0.6) is 0 Å². The normalized spacial score (nSPS) is 15.0. The van der Waals surface area contributed by atoms with Crippen LogP contribution in [0.2, 0.25) is 0 Å². The molecule has 1 heterocycles. The zero-order chi connectivity index (χ0) is 34.3. The Morgan fingerprint density at radius 1 is 0.870 bits per heavy atom. The smallest absolute Gasteiger partial charge is 0.326 e. The molecule has 1 saturated heterocycles. The van der Waals surface area contributed by atoms with E-state index in [9.17, 15) is 33.6 Å². The first kappa shape index (κ1) is 40.7. The molecule has 0 saturated carbocycles. The maximum absolute atomic E-state index is 12.6. The number of hydrogen-bond acceptors (Lipinski definition) is 13. The Morgan fingerprint density at radius 3 is 1.93 bits per heavy atom. The van der Waals surface area contributed by atoms with Gasteiger partial charge in [0.05, 0.1) is 44.9 Å². The summed E-state index contributed by atoms with van der Waals surface area (Å²) in [5.74, 6) is -3.27. The highest BCUT2D eigenvalue weighted by atomic mass is 32.2. The van der Waals surface area contributed by atoms with E-state index in [4.69, 9.17) is 29.2 Å². The number of hydrogen-bond donors (Lipinski definition) is 5. The number of imide groups is 1. The molecule has 0 spiro atoms. The monoisotopic (exact) mass is 679 g/mol. The molecule has 0 aliphatic carbocycles. The lowest BCUT2D eigenvalue weighted by Gasteiger charge is -2.21. The van der Waals surface area contributed by atoms with Crippen LogP contribution in [0.4, 0.5) is 0 Å². The number of likely N-dealkylation sites (N-methyl/N-ethyl adjacent to an activating group) is 1. The van der Waals surface area contributed by atoms with Gasteiger partial charge in [-0.3, -0.25) is 33.7 Å². The third kappa shape index (κ3) is 17.4. The molecule has 2 atom stereocenters. The molecule has 1 aliphatic rings. The van der Waals surface area contributed by atoms with Gasteiger partial charge >= 0.3 is 5.97 Å². The number of thioether (sulfide) groups is 1. The van der Waals surface area contributed by atoms with Gasteiger partial charge in [-0.15, -0.1) is 11.8 Å². The minimum absolute atomic E-state index is 0.00107. The predicted molar refractivity (Wildman–Crippen MR) is 161 cm³/mol. The lowest BCUT2D eigenvalue weighted by atomic mass is 10.3. The molecule has 0 radical (unpaired) electrons. The van der Waals surface area contributed by atoms with E-state index < -0.39 is 41.6 Å². The highest BCUT2D eigenvalue weighted by Crippen LogP contribution is 2.25. The van der Waals surface area contributed by atoms with Gasteiger partial charge in [0.1, 0.15) is 25.9 Å². The van der Waals surface area contributed by atoms with Gasteiger partial charge in [-0.1, -0.05) is 0 Å². The average molecular weight is 680 g/mol. The molecule has 262 valence electrons. The molecule has 1 aliphatic heterocycles. The predicted octanol–water partition coefficient (Wildman–Crippen LogP) is -3.42. The van der Waals surface area contributed by atoms with Gasteiger partial charge in [0, 0.05) is 51.8 Å². The minimum atomic E-state index is -1.12. The third-order valence-electron chi connectivity index (χ3n) is 6.32. The SMILES string of the molecule is C[C@H](C(=O)O)N(C)C(=O)CCSC1CC(=O)N(CCNC(=O)COCCOCCNC(=O)COCCOCCNC(=O)CO)C1=O. The Kier molecular flexibility index (Phi) is 21.1. The fourth-order valence-electron chi connectivity index (χ4n) is 3.62. The van der Waals surface area contributed by atoms with Crippen molar-refractivity contribution in [3.63, 3.8) is 0 Å². The molecule has 1 fully saturated rings. The van der Waals surface area contributed by atoms with Crippen molar-refractivity contribution in [3.8, 4) is 0 Å². The minimum Gasteiger partial charge on any atom is -0.480 e. The second-order valence-corrected chi connectivity index (χ2v) is 11.1. The fourth-order valence-corrected chi connectivity index (χ4v) is 4.73. The van der Waals surface area contributed by atoms with Crippen LogP contribution in [-0.2, 0) is 52.5 Å². The van der Waals surface area contributed by atoms with Crippen LogP contribution in [0, 0.1) is 0 Å². The topological polar surface area (TPSA) is 239 Å². The van der Waals surface area contributed by atoms with E-state index in [0.29, 0.717) is 0 Å². The van der Waals surface area contributed by atoms with Crippen LogP contribution in [-0.4, -0.2) is 171 Å². The Balaban J connectivity index is 2.02. The van der Waals surface area contributed by atoms with Gasteiger partial charge < -0.3 is 50.0 Å². The summed E-state index contributed by atoms with van der Waals surface area (Å²) >= 11 is 1.16. The molecule has 0 bridgehead atoms. The van der Waals surface area contributed by atoms with Crippen molar-refractivity contribution < 1.29 is 62.7 Å². The van der Waals surface area contributed by atoms with E-state index in [1.165, 1.54) is 14.0 Å². The quantitative estimate of drug-likeness (QED) is 0.0442. The molecule has 18 nitrogen and oxygen atoms in total. The van der Waals surface area contributed by atoms with E-state index in [1.54, 1.807) is 0 Å². The van der Waals surface area contributed by atoms with E-state index in [-0.39, 0.29) is 115 Å². The number of carboxylic acid groups (broad SMARTS) is 1. The third-order valence-corrected chi connectivity index (χ3v) is 7.53. The first-order valence-corrected chi connectivity index (χ1v) is 15.7. The highest BCUT2D eigenvalue weighted by molar-refractivity contribution is 8.00. The number of likely N-dealkylation sites (tertiary alicyclic amines) is 1. The molecule has 46 heavy (non-hydrogen) atoms. The molecule has 0 aromatic rings. The standard InChI is InChI=1S/C27H45N5O13S/c1-19(27(40)41)31(2)24(37)3-14-46-20-15-25(38)32(26(20)39)7-4-28-22(35)17-44-12-11-43-9-6-30-23(36)18-45-13-10-42-8-5-29-21(34)16-33/h19-20,33H,3-18H2,1-2H3,(H,28,35)(H,29,34)(H,30,36)(H,40,41)/t19-,20?/m1/s1. The Bertz CT molecular complexity index is 1020. The number of carboxylic acids is 1. The zero-order valence-electron chi connectivity index (χ0n) is 26.2. The Labute approximate surface area is 271 Å². The summed E-state index contributed by atoms with van der Waals surface area (Å²) < 4.78 is 20.9. The van der Waals surface area contributed by atoms with Gasteiger partial charge in [-0.2, -0.15) is 0 Å². The van der Waals surface area contributed by atoms with Crippen LogP contribution in [0.15, 0.2) is 0 Å². The molecule has 1 unspecified atom stereocenters. The second-order valence-electron chi connectivity index (χ2n) is 9.75. The number of aliphatic hydroxyl groups is 1. The molecule has 6 amide bonds. The van der Waals surface area contributed by atoms with E-state index >= 15 is 0 Å². The van der Waals surface area contributed by atoms with Gasteiger partial charge in [0.2, 0.25) is 35.4 Å². The summed E-state index contributed by atoms with van der Waals surface area (Å²) in [6.45, 7) is 2.19. The first-order chi connectivity index (χ1) is 22.0. The number of nitrogens with one attached hydrogen (secondary N) is 3. The number of carbonyl (C=O) groups is 7. The fraction of sp³-hybridized carbons (Fsp3) is 0.741. The summed E-state index contributed by atoms with van der Waals surface area (Å²) in [6, 6.07) is -0.969. The van der Waals surface area contributed by atoms with Crippen LogP contribution >= 0.6 is 11.8 Å². The molecular formula is C27H45N5O13S. The molecular weight excluding hydrogens is 634 g/mol. The lowest BCUT2D eigenvalue weighted by molar-refractivity contribution is -0.148. The van der Waals surface area contributed by atoms with E-state index in [0.717, 1.165) is 21.6 Å². The highest BCUT2D eigenvalue weighted by Gasteiger charge is 2.38. The molecule has 0 aromatic heterocycles. The number of amides is 6. The van der Waals surface area contributed by atoms with Crippen LogP contribution in [0.1, 0.15) is 19.8 Å². The van der Waals surface area contributed by atoms with Gasteiger partial charge in [0.15, 0.2) is 0 Å². The van der Waals surface area contributed by atoms with Crippen molar-refractivity contribution >= 4 is 53.2 Å². The zero-order valence-corrected chi connectivity index (χ0v) is 27.0. The number of nitrogens with zero attached hydrogens (tertiary/aromatic N) is 2. The van der Waals surface area contributed by atoms with Gasteiger partial charge in [0.25, 0.3) is 0 Å². The van der Waals surface area contributed by atoms with Crippen molar-refractivity contribution in [1.29, 1.82) is 0 Å². The lowest BCUT2D eigenvalue weighted by Crippen LogP contribution is -2.40. The summed E-state index contributed by atoms with van der Waals surface area (Å²) in [6.07, 6.45) is 0.0156. The number of ether oxygens (including phenoxy) is 4. The first-order valence-electron chi connectivity index (χ1n) is 14.6. The maximum atomic E-state index is 12.6. The van der Waals surface area contributed by atoms with Crippen LogP contribution < -0.4 is 16.0 Å². The second kappa shape index (κ2) is 23.9. The Hall–Kier alpha value is -3.36. The van der Waals surface area contributed by atoms with Gasteiger partial charge in [-0.05, 0) is 6.92 Å². The van der Waals surface area contributed by atoms with Crippen LogP contribution in [0.25, 0.3) is 0 Å². The molecule has 5 N–H and O–H groups in total. The van der Waals surface area contributed by atoms with Crippen molar-refractivity contribution in [1.82, 2.24) is 25.8 Å². The maximum Gasteiger partial charge on any atom is 0.326 e. The molecule has 0 aromatic carbocycles. The number of rotatable bonds is 26. The summed E-state index contributed by atoms with van der Waals surface area (Å²) in [7, 11) is 1.39. The Morgan fingerprint density at radius 2 is 1.39 bits per heavy atom. The van der Waals surface area contributed by atoms with Gasteiger partial charge in [-0.25, -0.2) is 4.79 Å². The number of aliphatic hydroxyl groups excluding tert-OH is 1. The number of aliphatic carboxylic acids is 1. The molecule has 19 heteroatoms. The van der Waals surface area contributed by atoms with Crippen molar-refractivity contribution in [2.75, 3.05) is 98.4 Å². The van der Waals surface area contributed by atoms with Crippen molar-refractivity contribution in [2.45, 2.75) is 31.1 Å². The summed E-state index contributed by atoms with van der Waals surface area (Å²) in [4.78, 5) is 84.7. The number of carbonyl (C=O) groups excluding carboxylic acids is 6. The van der Waals surface area contributed by atoms with Crippen molar-refractivity contribution in [2.24, 2.45) is 0 Å². The largest absolute Gasteiger partial charge is 0.480 e. The summed E-state index contributed by atoms with van der Waals surface area (Å²) in [5.41, 5.74) is 0.